The number of nitrogens with zero attached hydrogens (tertiary/aromatic N) is 2. The van der Waals surface area contributed by atoms with E-state index in [1.165, 1.54) is 0 Å². The van der Waals surface area contributed by atoms with Crippen LogP contribution in [0.4, 0.5) is 11.4 Å². The first-order valence-electron chi connectivity index (χ1n) is 8.53. The molecule has 5 nitrogen and oxygen atoms in total. The number of nitrogens with one attached hydrogen (secondary N) is 1. The Balaban J connectivity index is 1.80. The van der Waals surface area contributed by atoms with E-state index in [9.17, 15) is 4.79 Å². The predicted molar refractivity (Wildman–Crippen MR) is 107 cm³/mol. The second-order valence-electron chi connectivity index (χ2n) is 6.32. The molecule has 0 spiro atoms. The number of aromatic nitrogens is 1. The van der Waals surface area contributed by atoms with Crippen molar-refractivity contribution in [2.45, 2.75) is 13.1 Å². The van der Waals surface area contributed by atoms with Gasteiger partial charge in [-0.05, 0) is 55.0 Å². The SMILES string of the molecule is COc1cccc(N2C(=O)c3cccnc3C2Nc2ccc(Cl)cc2C)c1. The number of fused-ring (bicyclic) bond motifs is 1. The van der Waals surface area contributed by atoms with Crippen molar-refractivity contribution >= 4 is 28.9 Å². The second kappa shape index (κ2) is 6.93. The van der Waals surface area contributed by atoms with E-state index in [2.05, 4.69) is 10.3 Å². The summed E-state index contributed by atoms with van der Waals surface area (Å²) in [6.45, 7) is 1.97. The molecule has 0 saturated carbocycles. The van der Waals surface area contributed by atoms with Crippen LogP contribution in [0.1, 0.15) is 27.8 Å². The van der Waals surface area contributed by atoms with Crippen LogP contribution in [0.3, 0.4) is 0 Å². The molecule has 1 aromatic heterocycles. The van der Waals surface area contributed by atoms with Gasteiger partial charge >= 0.3 is 0 Å². The van der Waals surface area contributed by atoms with Crippen molar-refractivity contribution in [3.05, 3.63) is 82.6 Å². The van der Waals surface area contributed by atoms with Gasteiger partial charge in [-0.25, -0.2) is 0 Å². The zero-order valence-corrected chi connectivity index (χ0v) is 15.7. The lowest BCUT2D eigenvalue weighted by Crippen LogP contribution is -2.32. The van der Waals surface area contributed by atoms with Gasteiger partial charge in [-0.15, -0.1) is 0 Å². The maximum Gasteiger partial charge on any atom is 0.262 e. The molecule has 0 radical (unpaired) electrons. The van der Waals surface area contributed by atoms with Gasteiger partial charge < -0.3 is 10.1 Å². The summed E-state index contributed by atoms with van der Waals surface area (Å²) in [5, 5.41) is 4.12. The molecule has 2 heterocycles. The van der Waals surface area contributed by atoms with E-state index in [1.54, 1.807) is 30.3 Å². The number of halogens is 1. The van der Waals surface area contributed by atoms with E-state index in [0.29, 0.717) is 22.0 Å². The summed E-state index contributed by atoms with van der Waals surface area (Å²) in [6, 6.07) is 16.6. The van der Waals surface area contributed by atoms with Crippen LogP contribution >= 0.6 is 11.6 Å². The van der Waals surface area contributed by atoms with Crippen molar-refractivity contribution in [2.75, 3.05) is 17.3 Å². The van der Waals surface area contributed by atoms with Gasteiger partial charge in [-0.1, -0.05) is 17.7 Å². The molecule has 0 aliphatic carbocycles. The number of carbonyl (C=O) groups excluding carboxylic acids is 1. The minimum Gasteiger partial charge on any atom is -0.497 e. The fourth-order valence-electron chi connectivity index (χ4n) is 3.28. The third kappa shape index (κ3) is 3.11. The van der Waals surface area contributed by atoms with Crippen molar-refractivity contribution in [3.63, 3.8) is 0 Å². The lowest BCUT2D eigenvalue weighted by atomic mass is 10.1. The van der Waals surface area contributed by atoms with Crippen LogP contribution in [0.15, 0.2) is 60.8 Å². The molecule has 1 N–H and O–H groups in total. The molecule has 0 saturated heterocycles. The molecule has 2 aromatic carbocycles. The third-order valence-electron chi connectivity index (χ3n) is 4.62. The van der Waals surface area contributed by atoms with E-state index in [4.69, 9.17) is 16.3 Å². The number of ether oxygens (including phenoxy) is 1. The number of rotatable bonds is 4. The Morgan fingerprint density at radius 3 is 2.78 bits per heavy atom. The summed E-state index contributed by atoms with van der Waals surface area (Å²) in [6.07, 6.45) is 1.27. The molecule has 1 atom stereocenters. The van der Waals surface area contributed by atoms with Gasteiger partial charge in [0.2, 0.25) is 0 Å². The van der Waals surface area contributed by atoms with Crippen molar-refractivity contribution in [1.82, 2.24) is 4.98 Å². The maximum absolute atomic E-state index is 13.1. The van der Waals surface area contributed by atoms with Crippen molar-refractivity contribution < 1.29 is 9.53 Å². The molecule has 136 valence electrons. The van der Waals surface area contributed by atoms with E-state index in [0.717, 1.165) is 16.9 Å². The first-order valence-corrected chi connectivity index (χ1v) is 8.91. The zero-order chi connectivity index (χ0) is 19.0. The highest BCUT2D eigenvalue weighted by Crippen LogP contribution is 2.38. The molecule has 0 fully saturated rings. The van der Waals surface area contributed by atoms with Crippen molar-refractivity contribution in [2.24, 2.45) is 0 Å². The highest BCUT2D eigenvalue weighted by atomic mass is 35.5. The van der Waals surface area contributed by atoms with Gasteiger partial charge in [0.25, 0.3) is 5.91 Å². The normalized spacial score (nSPS) is 15.6. The molecule has 1 amide bonds. The molecule has 1 aliphatic rings. The predicted octanol–water partition coefficient (Wildman–Crippen LogP) is 4.82. The van der Waals surface area contributed by atoms with Gasteiger partial charge in [0, 0.05) is 23.0 Å². The number of aryl methyl sites for hydroxylation is 1. The molecule has 1 aliphatic heterocycles. The lowest BCUT2D eigenvalue weighted by molar-refractivity contribution is 0.0993. The van der Waals surface area contributed by atoms with Gasteiger partial charge in [0.05, 0.1) is 24.1 Å². The Labute approximate surface area is 162 Å². The van der Waals surface area contributed by atoms with Gasteiger partial charge in [-0.2, -0.15) is 0 Å². The monoisotopic (exact) mass is 379 g/mol. The van der Waals surface area contributed by atoms with Gasteiger partial charge in [0.1, 0.15) is 5.75 Å². The molecule has 0 bridgehead atoms. The standard InChI is InChI=1S/C21H18ClN3O2/c1-13-11-14(22)8-9-18(13)24-20-19-17(7-4-10-23-19)21(26)25(20)15-5-3-6-16(12-15)27-2/h3-12,20,24H,1-2H3. The van der Waals surface area contributed by atoms with Crippen LogP contribution in [0.2, 0.25) is 5.02 Å². The van der Waals surface area contributed by atoms with E-state index >= 15 is 0 Å². The van der Waals surface area contributed by atoms with Crippen molar-refractivity contribution in [1.29, 1.82) is 0 Å². The summed E-state index contributed by atoms with van der Waals surface area (Å²) in [7, 11) is 1.61. The Kier molecular flexibility index (Phi) is 4.46. The number of hydrogen-bond donors (Lipinski definition) is 1. The topological polar surface area (TPSA) is 54.5 Å². The Morgan fingerprint density at radius 1 is 1.15 bits per heavy atom. The van der Waals surface area contributed by atoms with E-state index in [1.807, 2.05) is 49.4 Å². The molecule has 4 rings (SSSR count). The maximum atomic E-state index is 13.1. The number of benzene rings is 2. The number of hydrogen-bond acceptors (Lipinski definition) is 4. The third-order valence-corrected chi connectivity index (χ3v) is 4.85. The Bertz CT molecular complexity index is 1020. The summed E-state index contributed by atoms with van der Waals surface area (Å²) < 4.78 is 5.32. The van der Waals surface area contributed by atoms with Gasteiger partial charge in [-0.3, -0.25) is 14.7 Å². The number of methoxy groups -OCH3 is 1. The summed E-state index contributed by atoms with van der Waals surface area (Å²) in [5.41, 5.74) is 3.90. The van der Waals surface area contributed by atoms with Crippen molar-refractivity contribution in [3.8, 4) is 5.75 Å². The number of amides is 1. The van der Waals surface area contributed by atoms with E-state index < -0.39 is 6.17 Å². The first-order chi connectivity index (χ1) is 13.1. The van der Waals surface area contributed by atoms with Gasteiger partial charge in [0.15, 0.2) is 6.17 Å². The Morgan fingerprint density at radius 2 is 2.00 bits per heavy atom. The fraction of sp³-hybridized carbons (Fsp3) is 0.143. The summed E-state index contributed by atoms with van der Waals surface area (Å²) in [4.78, 5) is 19.3. The van der Waals surface area contributed by atoms with Crippen LogP contribution in [0, 0.1) is 6.92 Å². The smallest absolute Gasteiger partial charge is 0.262 e. The van der Waals surface area contributed by atoms with Crippen LogP contribution in [-0.4, -0.2) is 18.0 Å². The van der Waals surface area contributed by atoms with Crippen LogP contribution in [-0.2, 0) is 0 Å². The molecule has 3 aromatic rings. The lowest BCUT2D eigenvalue weighted by Gasteiger charge is -2.27. The minimum atomic E-state index is -0.430. The average Bonchev–Trinajstić information content (AvgIpc) is 2.96. The molecule has 6 heteroatoms. The van der Waals surface area contributed by atoms with E-state index in [-0.39, 0.29) is 5.91 Å². The summed E-state index contributed by atoms with van der Waals surface area (Å²) >= 11 is 6.08. The Hall–Kier alpha value is -3.05. The zero-order valence-electron chi connectivity index (χ0n) is 14.9. The van der Waals surface area contributed by atoms with Crippen LogP contribution in [0.5, 0.6) is 5.75 Å². The fourth-order valence-corrected chi connectivity index (χ4v) is 3.51. The number of anilines is 2. The highest BCUT2D eigenvalue weighted by molar-refractivity contribution is 6.30. The number of carbonyl (C=O) groups is 1. The molecule has 27 heavy (non-hydrogen) atoms. The second-order valence-corrected chi connectivity index (χ2v) is 6.76. The first kappa shape index (κ1) is 17.4. The van der Waals surface area contributed by atoms with Crippen LogP contribution in [0.25, 0.3) is 0 Å². The highest BCUT2D eigenvalue weighted by Gasteiger charge is 2.39. The van der Waals surface area contributed by atoms with Crippen LogP contribution < -0.4 is 15.0 Å². The molecular weight excluding hydrogens is 362 g/mol. The minimum absolute atomic E-state index is 0.101. The molecular formula is C21H18ClN3O2. The summed E-state index contributed by atoms with van der Waals surface area (Å²) in [5.74, 6) is 0.584. The number of pyridine rings is 1. The molecule has 1 unspecified atom stereocenters. The average molecular weight is 380 g/mol. The largest absolute Gasteiger partial charge is 0.497 e. The quantitative estimate of drug-likeness (QED) is 0.705.